The molecule has 1 aromatic rings. The van der Waals surface area contributed by atoms with E-state index in [9.17, 15) is 0 Å². The Kier molecular flexibility index (Phi) is 6.22. The van der Waals surface area contributed by atoms with Crippen molar-refractivity contribution in [3.63, 3.8) is 0 Å². The van der Waals surface area contributed by atoms with E-state index in [-0.39, 0.29) is 0 Å². The monoisotopic (exact) mass is 324 g/mol. The van der Waals surface area contributed by atoms with Crippen molar-refractivity contribution in [1.29, 1.82) is 0 Å². The summed E-state index contributed by atoms with van der Waals surface area (Å²) in [4.78, 5) is 0.599. The standard InChI is InChI=1S/C17H25BrO/c1-19-17-9-5-8-15(13-17)12-16(18)11-10-14-6-3-2-4-7-14/h5,8-9,13-14,16H,2-4,6-7,10-12H2,1H3. The van der Waals surface area contributed by atoms with Gasteiger partial charge in [0.05, 0.1) is 7.11 Å². The van der Waals surface area contributed by atoms with Crippen LogP contribution in [0.4, 0.5) is 0 Å². The summed E-state index contributed by atoms with van der Waals surface area (Å²) in [6.45, 7) is 0. The minimum Gasteiger partial charge on any atom is -0.497 e. The molecule has 1 aromatic carbocycles. The van der Waals surface area contributed by atoms with Crippen LogP contribution in [0.15, 0.2) is 24.3 Å². The van der Waals surface area contributed by atoms with E-state index in [0.29, 0.717) is 4.83 Å². The summed E-state index contributed by atoms with van der Waals surface area (Å²) >= 11 is 3.85. The van der Waals surface area contributed by atoms with Gasteiger partial charge in [0.25, 0.3) is 0 Å². The number of methoxy groups -OCH3 is 1. The first-order valence-corrected chi connectivity index (χ1v) is 8.46. The van der Waals surface area contributed by atoms with Crippen LogP contribution in [0.25, 0.3) is 0 Å². The molecule has 2 rings (SSSR count). The van der Waals surface area contributed by atoms with E-state index in [4.69, 9.17) is 4.74 Å². The first-order valence-electron chi connectivity index (χ1n) is 7.55. The average molecular weight is 325 g/mol. The van der Waals surface area contributed by atoms with Gasteiger partial charge < -0.3 is 4.74 Å². The Morgan fingerprint density at radius 1 is 1.26 bits per heavy atom. The number of hydrogen-bond donors (Lipinski definition) is 0. The van der Waals surface area contributed by atoms with Gasteiger partial charge in [0.15, 0.2) is 0 Å². The lowest BCUT2D eigenvalue weighted by Crippen LogP contribution is -2.10. The molecular weight excluding hydrogens is 300 g/mol. The number of benzene rings is 1. The van der Waals surface area contributed by atoms with Gasteiger partial charge >= 0.3 is 0 Å². The maximum Gasteiger partial charge on any atom is 0.119 e. The molecule has 1 fully saturated rings. The van der Waals surface area contributed by atoms with Crippen LogP contribution in [0.2, 0.25) is 0 Å². The molecule has 2 heteroatoms. The van der Waals surface area contributed by atoms with E-state index in [0.717, 1.165) is 18.1 Å². The second-order valence-electron chi connectivity index (χ2n) is 5.73. The van der Waals surface area contributed by atoms with Crippen LogP contribution >= 0.6 is 15.9 Å². The number of alkyl halides is 1. The third-order valence-corrected chi connectivity index (χ3v) is 4.99. The molecule has 1 aliphatic rings. The maximum atomic E-state index is 5.28. The molecule has 19 heavy (non-hydrogen) atoms. The molecule has 1 atom stereocenters. The Labute approximate surface area is 125 Å². The molecule has 1 unspecified atom stereocenters. The number of rotatable bonds is 6. The summed E-state index contributed by atoms with van der Waals surface area (Å²) in [6.07, 6.45) is 11.1. The third-order valence-electron chi connectivity index (χ3n) is 4.20. The van der Waals surface area contributed by atoms with Gasteiger partial charge in [-0.3, -0.25) is 0 Å². The van der Waals surface area contributed by atoms with Crippen molar-refractivity contribution in [2.45, 2.75) is 56.2 Å². The summed E-state index contributed by atoms with van der Waals surface area (Å²) in [5, 5.41) is 0. The van der Waals surface area contributed by atoms with Crippen molar-refractivity contribution in [1.82, 2.24) is 0 Å². The smallest absolute Gasteiger partial charge is 0.119 e. The van der Waals surface area contributed by atoms with Crippen LogP contribution in [0.1, 0.15) is 50.5 Å². The van der Waals surface area contributed by atoms with Crippen LogP contribution in [0.3, 0.4) is 0 Å². The van der Waals surface area contributed by atoms with Gasteiger partial charge in [0, 0.05) is 4.83 Å². The normalized spacial score (nSPS) is 18.2. The summed E-state index contributed by atoms with van der Waals surface area (Å²) in [5.74, 6) is 1.95. The highest BCUT2D eigenvalue weighted by Crippen LogP contribution is 2.29. The van der Waals surface area contributed by atoms with Crippen molar-refractivity contribution in [3.8, 4) is 5.75 Å². The minimum atomic E-state index is 0.599. The lowest BCUT2D eigenvalue weighted by atomic mass is 9.85. The SMILES string of the molecule is COc1cccc(CC(Br)CCC2CCCCC2)c1. The van der Waals surface area contributed by atoms with Crippen molar-refractivity contribution in [2.24, 2.45) is 5.92 Å². The van der Waals surface area contributed by atoms with Gasteiger partial charge in [-0.1, -0.05) is 60.2 Å². The number of halogens is 1. The Morgan fingerprint density at radius 2 is 2.05 bits per heavy atom. The first kappa shape index (κ1) is 14.9. The molecule has 1 aliphatic carbocycles. The summed E-state index contributed by atoms with van der Waals surface area (Å²) < 4.78 is 5.28. The Morgan fingerprint density at radius 3 is 2.79 bits per heavy atom. The van der Waals surface area contributed by atoms with E-state index < -0.39 is 0 Å². The van der Waals surface area contributed by atoms with Crippen LogP contribution in [0, 0.1) is 5.92 Å². The van der Waals surface area contributed by atoms with Crippen LogP contribution < -0.4 is 4.74 Å². The van der Waals surface area contributed by atoms with Gasteiger partial charge in [-0.2, -0.15) is 0 Å². The Balaban J connectivity index is 1.75. The average Bonchev–Trinajstić information content (AvgIpc) is 2.46. The molecule has 0 aromatic heterocycles. The van der Waals surface area contributed by atoms with Gasteiger partial charge in [-0.15, -0.1) is 0 Å². The fourth-order valence-electron chi connectivity index (χ4n) is 3.05. The summed E-state index contributed by atoms with van der Waals surface area (Å²) in [7, 11) is 1.73. The zero-order chi connectivity index (χ0) is 13.5. The molecule has 0 N–H and O–H groups in total. The van der Waals surface area contributed by atoms with E-state index in [1.165, 1.54) is 50.5 Å². The largest absolute Gasteiger partial charge is 0.497 e. The predicted octanol–water partition coefficient (Wildman–Crippen LogP) is 5.36. The molecule has 0 saturated heterocycles. The number of ether oxygens (including phenoxy) is 1. The van der Waals surface area contributed by atoms with Crippen molar-refractivity contribution < 1.29 is 4.74 Å². The lowest BCUT2D eigenvalue weighted by molar-refractivity contribution is 0.331. The topological polar surface area (TPSA) is 9.23 Å². The predicted molar refractivity (Wildman–Crippen MR) is 85.2 cm³/mol. The molecule has 0 bridgehead atoms. The van der Waals surface area contributed by atoms with Crippen LogP contribution in [0.5, 0.6) is 5.75 Å². The molecule has 0 heterocycles. The summed E-state index contributed by atoms with van der Waals surface area (Å²) in [5.41, 5.74) is 1.37. The first-order chi connectivity index (χ1) is 9.28. The van der Waals surface area contributed by atoms with Crippen molar-refractivity contribution in [3.05, 3.63) is 29.8 Å². The van der Waals surface area contributed by atoms with Gasteiger partial charge in [0.2, 0.25) is 0 Å². The zero-order valence-electron chi connectivity index (χ0n) is 11.9. The second-order valence-corrected chi connectivity index (χ2v) is 7.03. The molecule has 1 saturated carbocycles. The Hall–Kier alpha value is -0.500. The quantitative estimate of drug-likeness (QED) is 0.640. The van der Waals surface area contributed by atoms with E-state index in [1.807, 2.05) is 6.07 Å². The summed E-state index contributed by atoms with van der Waals surface area (Å²) in [6, 6.07) is 8.43. The molecular formula is C17H25BrO. The van der Waals surface area contributed by atoms with Crippen molar-refractivity contribution in [2.75, 3.05) is 7.11 Å². The van der Waals surface area contributed by atoms with E-state index in [2.05, 4.69) is 34.1 Å². The van der Waals surface area contributed by atoms with Gasteiger partial charge in [-0.25, -0.2) is 0 Å². The fourth-order valence-corrected chi connectivity index (χ4v) is 3.69. The van der Waals surface area contributed by atoms with Gasteiger partial charge in [0.1, 0.15) is 5.75 Å². The van der Waals surface area contributed by atoms with Crippen LogP contribution in [-0.4, -0.2) is 11.9 Å². The van der Waals surface area contributed by atoms with E-state index >= 15 is 0 Å². The molecule has 0 amide bonds. The third kappa shape index (κ3) is 5.18. The molecule has 0 radical (unpaired) electrons. The lowest BCUT2D eigenvalue weighted by Gasteiger charge is -2.22. The molecule has 0 spiro atoms. The van der Waals surface area contributed by atoms with Crippen molar-refractivity contribution >= 4 is 15.9 Å². The molecule has 0 aliphatic heterocycles. The number of hydrogen-bond acceptors (Lipinski definition) is 1. The maximum absolute atomic E-state index is 5.28. The highest BCUT2D eigenvalue weighted by molar-refractivity contribution is 9.09. The zero-order valence-corrected chi connectivity index (χ0v) is 13.5. The highest BCUT2D eigenvalue weighted by Gasteiger charge is 2.15. The Bertz CT molecular complexity index is 371. The van der Waals surface area contributed by atoms with Gasteiger partial charge in [-0.05, 0) is 42.9 Å². The van der Waals surface area contributed by atoms with E-state index in [1.54, 1.807) is 7.11 Å². The fraction of sp³-hybridized carbons (Fsp3) is 0.647. The van der Waals surface area contributed by atoms with Crippen LogP contribution in [-0.2, 0) is 6.42 Å². The molecule has 1 nitrogen and oxygen atoms in total. The highest BCUT2D eigenvalue weighted by atomic mass is 79.9. The minimum absolute atomic E-state index is 0.599. The second kappa shape index (κ2) is 7.94. The molecule has 106 valence electrons.